The summed E-state index contributed by atoms with van der Waals surface area (Å²) >= 11 is 0. The van der Waals surface area contributed by atoms with Crippen molar-refractivity contribution in [3.05, 3.63) is 0 Å². The second kappa shape index (κ2) is 6.91. The lowest BCUT2D eigenvalue weighted by Gasteiger charge is -2.42. The van der Waals surface area contributed by atoms with Crippen molar-refractivity contribution in [1.29, 1.82) is 0 Å². The van der Waals surface area contributed by atoms with E-state index in [-0.39, 0.29) is 12.5 Å². The molecule has 0 saturated carbocycles. The minimum absolute atomic E-state index is 0.0275. The first-order chi connectivity index (χ1) is 9.79. The predicted molar refractivity (Wildman–Crippen MR) is 83.8 cm³/mol. The highest BCUT2D eigenvalue weighted by molar-refractivity contribution is 4.89. The Hall–Kier alpha value is -0.220. The number of hydrogen-bond acceptors (Lipinski definition) is 2. The van der Waals surface area contributed by atoms with Gasteiger partial charge < -0.3 is 4.90 Å². The van der Waals surface area contributed by atoms with Crippen LogP contribution in [0.5, 0.6) is 0 Å². The van der Waals surface area contributed by atoms with E-state index in [2.05, 4.69) is 18.7 Å². The fraction of sp³-hybridized carbons (Fsp3) is 1.00. The van der Waals surface area contributed by atoms with Gasteiger partial charge in [0.05, 0.1) is 6.54 Å². The predicted octanol–water partition coefficient (Wildman–Crippen LogP) is 3.72. The molecule has 0 unspecified atom stereocenters. The summed E-state index contributed by atoms with van der Waals surface area (Å²) in [7, 11) is 0. The van der Waals surface area contributed by atoms with Crippen molar-refractivity contribution in [1.82, 2.24) is 9.80 Å². The van der Waals surface area contributed by atoms with Crippen molar-refractivity contribution >= 4 is 0 Å². The SMILES string of the molecule is CC(C)[C@H]1CCN(CC2CCN(C(C)C)CC2)CC1(F)F. The summed E-state index contributed by atoms with van der Waals surface area (Å²) in [5.41, 5.74) is 0. The third-order valence-electron chi connectivity index (χ3n) is 5.43. The maximum absolute atomic E-state index is 14.2. The molecule has 1 atom stereocenters. The zero-order valence-electron chi connectivity index (χ0n) is 14.1. The van der Waals surface area contributed by atoms with Crippen LogP contribution in [-0.2, 0) is 0 Å². The quantitative estimate of drug-likeness (QED) is 0.781. The monoisotopic (exact) mass is 302 g/mol. The van der Waals surface area contributed by atoms with Gasteiger partial charge in [-0.2, -0.15) is 0 Å². The number of likely N-dealkylation sites (tertiary alicyclic amines) is 2. The summed E-state index contributed by atoms with van der Waals surface area (Å²) in [4.78, 5) is 4.52. The summed E-state index contributed by atoms with van der Waals surface area (Å²) in [6.45, 7) is 12.3. The third-order valence-corrected chi connectivity index (χ3v) is 5.43. The summed E-state index contributed by atoms with van der Waals surface area (Å²) in [6, 6.07) is 0.608. The molecule has 2 aliphatic rings. The van der Waals surface area contributed by atoms with Crippen molar-refractivity contribution in [3.63, 3.8) is 0 Å². The Morgan fingerprint density at radius 2 is 1.62 bits per heavy atom. The molecule has 0 aromatic rings. The standard InChI is InChI=1S/C17H32F2N2/c1-13(2)16-7-8-20(12-17(16,18)19)11-15-5-9-21(10-6-15)14(3)4/h13-16H,5-12H2,1-4H3/t16-/m1/s1. The highest BCUT2D eigenvalue weighted by Crippen LogP contribution is 2.38. The van der Waals surface area contributed by atoms with Gasteiger partial charge in [-0.15, -0.1) is 0 Å². The van der Waals surface area contributed by atoms with E-state index in [1.165, 1.54) is 0 Å². The molecule has 2 saturated heterocycles. The zero-order valence-corrected chi connectivity index (χ0v) is 14.1. The van der Waals surface area contributed by atoms with E-state index >= 15 is 0 Å². The molecule has 0 spiro atoms. The van der Waals surface area contributed by atoms with E-state index in [1.807, 2.05) is 18.7 Å². The van der Waals surface area contributed by atoms with Crippen LogP contribution in [-0.4, -0.2) is 54.5 Å². The fourth-order valence-electron chi connectivity index (χ4n) is 4.02. The van der Waals surface area contributed by atoms with Crippen molar-refractivity contribution in [2.75, 3.05) is 32.7 Å². The fourth-order valence-corrected chi connectivity index (χ4v) is 4.02. The molecular weight excluding hydrogens is 270 g/mol. The molecule has 124 valence electrons. The minimum Gasteiger partial charge on any atom is -0.301 e. The van der Waals surface area contributed by atoms with Crippen LogP contribution in [0.1, 0.15) is 47.0 Å². The lowest BCUT2D eigenvalue weighted by molar-refractivity contribution is -0.127. The first kappa shape index (κ1) is 17.1. The average molecular weight is 302 g/mol. The van der Waals surface area contributed by atoms with Gasteiger partial charge in [-0.25, -0.2) is 8.78 Å². The van der Waals surface area contributed by atoms with Gasteiger partial charge in [0.1, 0.15) is 0 Å². The van der Waals surface area contributed by atoms with Crippen LogP contribution < -0.4 is 0 Å². The summed E-state index contributed by atoms with van der Waals surface area (Å²) in [6.07, 6.45) is 2.97. The van der Waals surface area contributed by atoms with E-state index in [9.17, 15) is 8.78 Å². The Labute approximate surface area is 128 Å². The van der Waals surface area contributed by atoms with Crippen LogP contribution in [0.3, 0.4) is 0 Å². The van der Waals surface area contributed by atoms with Gasteiger partial charge in [-0.3, -0.25) is 4.90 Å². The molecule has 0 aliphatic carbocycles. The maximum atomic E-state index is 14.2. The number of rotatable bonds is 4. The molecule has 21 heavy (non-hydrogen) atoms. The average Bonchev–Trinajstić information content (AvgIpc) is 2.37. The Balaban J connectivity index is 1.80. The van der Waals surface area contributed by atoms with Gasteiger partial charge in [0, 0.05) is 18.5 Å². The smallest absolute Gasteiger partial charge is 0.263 e. The number of alkyl halides is 2. The molecule has 0 amide bonds. The van der Waals surface area contributed by atoms with Crippen molar-refractivity contribution in [3.8, 4) is 0 Å². The molecule has 2 rings (SSSR count). The maximum Gasteiger partial charge on any atom is 0.263 e. The van der Waals surface area contributed by atoms with Crippen LogP contribution in [0.4, 0.5) is 8.78 Å². The summed E-state index contributed by atoms with van der Waals surface area (Å²) < 4.78 is 28.5. The van der Waals surface area contributed by atoms with Gasteiger partial charge in [-0.05, 0) is 64.6 Å². The van der Waals surface area contributed by atoms with Crippen molar-refractivity contribution in [2.45, 2.75) is 58.9 Å². The second-order valence-corrected chi connectivity index (χ2v) is 7.71. The molecule has 2 fully saturated rings. The lowest BCUT2D eigenvalue weighted by Crippen LogP contribution is -2.52. The normalized spacial score (nSPS) is 29.4. The van der Waals surface area contributed by atoms with Crippen LogP contribution in [0.25, 0.3) is 0 Å². The van der Waals surface area contributed by atoms with E-state index in [0.717, 1.165) is 39.0 Å². The Morgan fingerprint density at radius 3 is 2.10 bits per heavy atom. The first-order valence-corrected chi connectivity index (χ1v) is 8.64. The highest BCUT2D eigenvalue weighted by Gasteiger charge is 2.45. The molecule has 0 N–H and O–H groups in total. The molecular formula is C17H32F2N2. The third kappa shape index (κ3) is 4.38. The Kier molecular flexibility index (Phi) is 5.64. The molecule has 4 heteroatoms. The minimum atomic E-state index is -2.51. The summed E-state index contributed by atoms with van der Waals surface area (Å²) in [5, 5.41) is 0. The zero-order chi connectivity index (χ0) is 15.6. The lowest BCUT2D eigenvalue weighted by atomic mass is 9.83. The number of hydrogen-bond donors (Lipinski definition) is 0. The Morgan fingerprint density at radius 1 is 1.00 bits per heavy atom. The number of nitrogens with zero attached hydrogens (tertiary/aromatic N) is 2. The van der Waals surface area contributed by atoms with E-state index < -0.39 is 11.8 Å². The topological polar surface area (TPSA) is 6.48 Å². The Bertz CT molecular complexity index is 323. The molecule has 0 bridgehead atoms. The van der Waals surface area contributed by atoms with Crippen LogP contribution >= 0.6 is 0 Å². The first-order valence-electron chi connectivity index (χ1n) is 8.64. The summed E-state index contributed by atoms with van der Waals surface area (Å²) in [5.74, 6) is -2.26. The van der Waals surface area contributed by atoms with Crippen molar-refractivity contribution in [2.24, 2.45) is 17.8 Å². The van der Waals surface area contributed by atoms with Crippen molar-refractivity contribution < 1.29 is 8.78 Å². The molecule has 0 aromatic carbocycles. The van der Waals surface area contributed by atoms with Crippen LogP contribution in [0.2, 0.25) is 0 Å². The van der Waals surface area contributed by atoms with Gasteiger partial charge in [0.15, 0.2) is 0 Å². The molecule has 0 aromatic heterocycles. The van der Waals surface area contributed by atoms with Gasteiger partial charge >= 0.3 is 0 Å². The van der Waals surface area contributed by atoms with Crippen LogP contribution in [0, 0.1) is 17.8 Å². The number of piperidine rings is 2. The molecule has 2 aliphatic heterocycles. The second-order valence-electron chi connectivity index (χ2n) is 7.71. The molecule has 2 heterocycles. The van der Waals surface area contributed by atoms with E-state index in [0.29, 0.717) is 18.4 Å². The number of halogens is 2. The van der Waals surface area contributed by atoms with Gasteiger partial charge in [-0.1, -0.05) is 13.8 Å². The molecule has 2 nitrogen and oxygen atoms in total. The van der Waals surface area contributed by atoms with Crippen LogP contribution in [0.15, 0.2) is 0 Å². The van der Waals surface area contributed by atoms with E-state index in [4.69, 9.17) is 0 Å². The van der Waals surface area contributed by atoms with Gasteiger partial charge in [0.2, 0.25) is 0 Å². The highest BCUT2D eigenvalue weighted by atomic mass is 19.3. The molecule has 0 radical (unpaired) electrons. The largest absolute Gasteiger partial charge is 0.301 e. The van der Waals surface area contributed by atoms with Gasteiger partial charge in [0.25, 0.3) is 5.92 Å². The van der Waals surface area contributed by atoms with E-state index in [1.54, 1.807) is 0 Å².